The molecule has 0 saturated carbocycles. The quantitative estimate of drug-likeness (QED) is 0.668. The minimum Gasteiger partial charge on any atom is -0.492 e. The SMILES string of the molecule is C=CCc1ccccc1OCCN(C)Cc1ncnn1CC. The van der Waals surface area contributed by atoms with E-state index in [2.05, 4.69) is 41.6 Å². The van der Waals surface area contributed by atoms with E-state index >= 15 is 0 Å². The first kappa shape index (κ1) is 16.2. The van der Waals surface area contributed by atoms with Gasteiger partial charge in [0, 0.05) is 13.1 Å². The smallest absolute Gasteiger partial charge is 0.140 e. The fraction of sp³-hybridized carbons (Fsp3) is 0.412. The molecule has 0 saturated heterocycles. The van der Waals surface area contributed by atoms with Crippen molar-refractivity contribution in [3.63, 3.8) is 0 Å². The van der Waals surface area contributed by atoms with Crippen molar-refractivity contribution in [3.05, 3.63) is 54.6 Å². The minimum atomic E-state index is 0.644. The Kier molecular flexibility index (Phi) is 6.15. The van der Waals surface area contributed by atoms with Crippen LogP contribution in [0, 0.1) is 0 Å². The van der Waals surface area contributed by atoms with Gasteiger partial charge in [-0.25, -0.2) is 9.67 Å². The Morgan fingerprint density at radius 2 is 2.18 bits per heavy atom. The summed E-state index contributed by atoms with van der Waals surface area (Å²) in [6.07, 6.45) is 4.33. The largest absolute Gasteiger partial charge is 0.492 e. The van der Waals surface area contributed by atoms with Gasteiger partial charge in [-0.3, -0.25) is 4.90 Å². The molecular formula is C17H24N4O. The highest BCUT2D eigenvalue weighted by Crippen LogP contribution is 2.18. The predicted molar refractivity (Wildman–Crippen MR) is 87.9 cm³/mol. The number of benzene rings is 1. The van der Waals surface area contributed by atoms with Crippen molar-refractivity contribution in [2.24, 2.45) is 0 Å². The molecule has 22 heavy (non-hydrogen) atoms. The molecular weight excluding hydrogens is 276 g/mol. The van der Waals surface area contributed by atoms with Crippen molar-refractivity contribution in [2.45, 2.75) is 26.4 Å². The van der Waals surface area contributed by atoms with Crippen LogP contribution in [0.15, 0.2) is 43.2 Å². The second-order valence-electron chi connectivity index (χ2n) is 5.18. The molecule has 1 heterocycles. The van der Waals surface area contributed by atoms with E-state index in [1.165, 1.54) is 5.56 Å². The highest BCUT2D eigenvalue weighted by Gasteiger charge is 2.07. The van der Waals surface area contributed by atoms with Gasteiger partial charge in [-0.2, -0.15) is 5.10 Å². The third kappa shape index (κ3) is 4.43. The lowest BCUT2D eigenvalue weighted by molar-refractivity contribution is 0.226. The predicted octanol–water partition coefficient (Wildman–Crippen LogP) is 2.54. The number of aryl methyl sites for hydroxylation is 1. The molecule has 0 aliphatic heterocycles. The first-order valence-electron chi connectivity index (χ1n) is 7.61. The molecule has 1 aromatic heterocycles. The summed E-state index contributed by atoms with van der Waals surface area (Å²) in [4.78, 5) is 6.48. The van der Waals surface area contributed by atoms with Gasteiger partial charge in [0.2, 0.25) is 0 Å². The Bertz CT molecular complexity index is 594. The Hall–Kier alpha value is -2.14. The van der Waals surface area contributed by atoms with Gasteiger partial charge < -0.3 is 4.74 Å². The van der Waals surface area contributed by atoms with Crippen molar-refractivity contribution in [3.8, 4) is 5.75 Å². The van der Waals surface area contributed by atoms with E-state index in [0.29, 0.717) is 6.61 Å². The zero-order valence-electron chi connectivity index (χ0n) is 13.4. The molecule has 0 aliphatic carbocycles. The Labute approximate surface area is 132 Å². The lowest BCUT2D eigenvalue weighted by atomic mass is 10.1. The van der Waals surface area contributed by atoms with Crippen LogP contribution in [0.25, 0.3) is 0 Å². The molecule has 118 valence electrons. The van der Waals surface area contributed by atoms with Gasteiger partial charge in [-0.15, -0.1) is 6.58 Å². The third-order valence-corrected chi connectivity index (χ3v) is 3.47. The van der Waals surface area contributed by atoms with Crippen LogP contribution in [-0.4, -0.2) is 39.9 Å². The molecule has 0 aliphatic rings. The Morgan fingerprint density at radius 1 is 1.36 bits per heavy atom. The molecule has 5 heteroatoms. The lowest BCUT2D eigenvalue weighted by Crippen LogP contribution is -2.25. The summed E-state index contributed by atoms with van der Waals surface area (Å²) in [6.45, 7) is 8.94. The topological polar surface area (TPSA) is 43.2 Å². The zero-order chi connectivity index (χ0) is 15.8. The molecule has 0 spiro atoms. The van der Waals surface area contributed by atoms with E-state index < -0.39 is 0 Å². The van der Waals surface area contributed by atoms with E-state index in [-0.39, 0.29) is 0 Å². The van der Waals surface area contributed by atoms with Crippen LogP contribution in [0.3, 0.4) is 0 Å². The normalized spacial score (nSPS) is 10.9. The number of ether oxygens (including phenoxy) is 1. The zero-order valence-corrected chi connectivity index (χ0v) is 13.4. The van der Waals surface area contributed by atoms with Crippen LogP contribution in [0.4, 0.5) is 0 Å². The second kappa shape index (κ2) is 8.34. The average Bonchev–Trinajstić information content (AvgIpc) is 2.96. The summed E-state index contributed by atoms with van der Waals surface area (Å²) in [5, 5.41) is 4.19. The molecule has 0 fully saturated rings. The van der Waals surface area contributed by atoms with Crippen LogP contribution in [0.2, 0.25) is 0 Å². The van der Waals surface area contributed by atoms with Crippen molar-refractivity contribution in [1.82, 2.24) is 19.7 Å². The van der Waals surface area contributed by atoms with Crippen LogP contribution in [-0.2, 0) is 19.5 Å². The van der Waals surface area contributed by atoms with E-state index in [0.717, 1.165) is 37.6 Å². The number of likely N-dealkylation sites (N-methyl/N-ethyl adjacent to an activating group) is 1. The maximum absolute atomic E-state index is 5.90. The molecule has 0 unspecified atom stereocenters. The van der Waals surface area contributed by atoms with Crippen LogP contribution in [0.5, 0.6) is 5.75 Å². The Balaban J connectivity index is 1.82. The summed E-state index contributed by atoms with van der Waals surface area (Å²) in [5.74, 6) is 1.92. The minimum absolute atomic E-state index is 0.644. The summed E-state index contributed by atoms with van der Waals surface area (Å²) in [5.41, 5.74) is 1.17. The van der Waals surface area contributed by atoms with Gasteiger partial charge in [0.1, 0.15) is 24.5 Å². The fourth-order valence-corrected chi connectivity index (χ4v) is 2.28. The summed E-state index contributed by atoms with van der Waals surface area (Å²) in [7, 11) is 2.06. The van der Waals surface area contributed by atoms with Gasteiger partial charge >= 0.3 is 0 Å². The maximum Gasteiger partial charge on any atom is 0.140 e. The molecule has 2 aromatic rings. The summed E-state index contributed by atoms with van der Waals surface area (Å²) < 4.78 is 7.82. The number of aromatic nitrogens is 3. The molecule has 0 atom stereocenters. The summed E-state index contributed by atoms with van der Waals surface area (Å²) >= 11 is 0. The summed E-state index contributed by atoms with van der Waals surface area (Å²) in [6, 6.07) is 8.10. The highest BCUT2D eigenvalue weighted by atomic mass is 16.5. The molecule has 0 bridgehead atoms. The van der Waals surface area contributed by atoms with Gasteiger partial charge in [-0.1, -0.05) is 24.3 Å². The molecule has 0 N–H and O–H groups in total. The fourth-order valence-electron chi connectivity index (χ4n) is 2.28. The number of hydrogen-bond donors (Lipinski definition) is 0. The van der Waals surface area contributed by atoms with Gasteiger partial charge in [0.05, 0.1) is 6.54 Å². The number of hydrogen-bond acceptors (Lipinski definition) is 4. The second-order valence-corrected chi connectivity index (χ2v) is 5.18. The third-order valence-electron chi connectivity index (χ3n) is 3.47. The maximum atomic E-state index is 5.90. The van der Waals surface area contributed by atoms with Crippen molar-refractivity contribution in [1.29, 1.82) is 0 Å². The highest BCUT2D eigenvalue weighted by molar-refractivity contribution is 5.34. The standard InChI is InChI=1S/C17H24N4O/c1-4-8-15-9-6-7-10-16(15)22-12-11-20(3)13-17-18-14-19-21(17)5-2/h4,6-7,9-10,14H,1,5,8,11-13H2,2-3H3. The lowest BCUT2D eigenvalue weighted by Gasteiger charge is -2.17. The number of para-hydroxylation sites is 1. The van der Waals surface area contributed by atoms with Crippen LogP contribution in [0.1, 0.15) is 18.3 Å². The van der Waals surface area contributed by atoms with Crippen LogP contribution >= 0.6 is 0 Å². The first-order chi connectivity index (χ1) is 10.7. The monoisotopic (exact) mass is 300 g/mol. The number of nitrogens with zero attached hydrogens (tertiary/aromatic N) is 4. The van der Waals surface area contributed by atoms with Gasteiger partial charge in [0.15, 0.2) is 0 Å². The van der Waals surface area contributed by atoms with E-state index in [1.807, 2.05) is 29.0 Å². The van der Waals surface area contributed by atoms with E-state index in [4.69, 9.17) is 4.74 Å². The van der Waals surface area contributed by atoms with Gasteiger partial charge in [-0.05, 0) is 32.0 Å². The van der Waals surface area contributed by atoms with Gasteiger partial charge in [0.25, 0.3) is 0 Å². The molecule has 5 nitrogen and oxygen atoms in total. The van der Waals surface area contributed by atoms with Crippen molar-refractivity contribution >= 4 is 0 Å². The van der Waals surface area contributed by atoms with E-state index in [9.17, 15) is 0 Å². The Morgan fingerprint density at radius 3 is 2.95 bits per heavy atom. The molecule has 0 radical (unpaired) electrons. The van der Waals surface area contributed by atoms with Crippen molar-refractivity contribution < 1.29 is 4.74 Å². The van der Waals surface area contributed by atoms with E-state index in [1.54, 1.807) is 6.33 Å². The van der Waals surface area contributed by atoms with Crippen molar-refractivity contribution in [2.75, 3.05) is 20.2 Å². The molecule has 1 aromatic carbocycles. The first-order valence-corrected chi connectivity index (χ1v) is 7.61. The molecule has 2 rings (SSSR count). The average molecular weight is 300 g/mol. The number of allylic oxidation sites excluding steroid dienone is 1. The van der Waals surface area contributed by atoms with Crippen LogP contribution < -0.4 is 4.74 Å². The number of rotatable bonds is 9. The molecule has 0 amide bonds.